The van der Waals surface area contributed by atoms with Crippen molar-refractivity contribution in [2.45, 2.75) is 16.4 Å². The van der Waals surface area contributed by atoms with E-state index in [-0.39, 0.29) is 6.61 Å². The third kappa shape index (κ3) is 2.80. The van der Waals surface area contributed by atoms with Crippen molar-refractivity contribution in [2.24, 2.45) is 0 Å². The molecule has 0 fully saturated rings. The SMILES string of the molecule is OCc1ccc(Sc2ccc3ccccc3c2)cc1. The summed E-state index contributed by atoms with van der Waals surface area (Å²) in [6.45, 7) is 0.0981. The van der Waals surface area contributed by atoms with Gasteiger partial charge in [0.25, 0.3) is 0 Å². The predicted octanol–water partition coefficient (Wildman–Crippen LogP) is 4.48. The van der Waals surface area contributed by atoms with E-state index in [1.165, 1.54) is 20.6 Å². The standard InChI is InChI=1S/C17H14OS/c18-12-13-5-8-16(9-6-13)19-17-10-7-14-3-1-2-4-15(14)11-17/h1-11,18H,12H2. The van der Waals surface area contributed by atoms with Crippen molar-refractivity contribution in [1.82, 2.24) is 0 Å². The van der Waals surface area contributed by atoms with Crippen LogP contribution in [-0.2, 0) is 6.61 Å². The maximum absolute atomic E-state index is 9.03. The van der Waals surface area contributed by atoms with Gasteiger partial charge in [0.15, 0.2) is 0 Å². The fraction of sp³-hybridized carbons (Fsp3) is 0.0588. The molecule has 0 aliphatic heterocycles. The molecule has 0 spiro atoms. The first-order valence-corrected chi connectivity index (χ1v) is 7.03. The molecule has 0 aliphatic carbocycles. The molecule has 19 heavy (non-hydrogen) atoms. The quantitative estimate of drug-likeness (QED) is 0.754. The Hall–Kier alpha value is -1.77. The lowest BCUT2D eigenvalue weighted by Gasteiger charge is -2.04. The monoisotopic (exact) mass is 266 g/mol. The van der Waals surface area contributed by atoms with Gasteiger partial charge >= 0.3 is 0 Å². The van der Waals surface area contributed by atoms with Gasteiger partial charge in [0.05, 0.1) is 6.61 Å². The molecule has 0 aromatic heterocycles. The van der Waals surface area contributed by atoms with Crippen LogP contribution in [0.25, 0.3) is 10.8 Å². The lowest BCUT2D eigenvalue weighted by atomic mass is 10.1. The van der Waals surface area contributed by atoms with Gasteiger partial charge in [0.2, 0.25) is 0 Å². The first-order valence-electron chi connectivity index (χ1n) is 6.21. The Labute approximate surface area is 116 Å². The first-order chi connectivity index (χ1) is 9.35. The molecule has 94 valence electrons. The zero-order valence-corrected chi connectivity index (χ0v) is 11.2. The summed E-state index contributed by atoms with van der Waals surface area (Å²) in [4.78, 5) is 2.42. The average Bonchev–Trinajstić information content (AvgIpc) is 2.48. The van der Waals surface area contributed by atoms with Crippen LogP contribution in [0.2, 0.25) is 0 Å². The van der Waals surface area contributed by atoms with Gasteiger partial charge in [0, 0.05) is 9.79 Å². The van der Waals surface area contributed by atoms with Crippen LogP contribution >= 0.6 is 11.8 Å². The van der Waals surface area contributed by atoms with Crippen molar-refractivity contribution in [2.75, 3.05) is 0 Å². The predicted molar refractivity (Wildman–Crippen MR) is 80.4 cm³/mol. The second-order valence-corrected chi connectivity index (χ2v) is 5.56. The summed E-state index contributed by atoms with van der Waals surface area (Å²) < 4.78 is 0. The molecule has 0 atom stereocenters. The van der Waals surface area contributed by atoms with E-state index in [4.69, 9.17) is 5.11 Å². The molecule has 3 rings (SSSR count). The molecule has 1 nitrogen and oxygen atoms in total. The van der Waals surface area contributed by atoms with E-state index in [0.29, 0.717) is 0 Å². The Morgan fingerprint density at radius 3 is 2.16 bits per heavy atom. The third-order valence-electron chi connectivity index (χ3n) is 3.06. The summed E-state index contributed by atoms with van der Waals surface area (Å²) >= 11 is 1.74. The van der Waals surface area contributed by atoms with Gasteiger partial charge in [-0.05, 0) is 40.6 Å². The number of rotatable bonds is 3. The Morgan fingerprint density at radius 2 is 1.42 bits per heavy atom. The van der Waals surface area contributed by atoms with Crippen molar-refractivity contribution in [3.05, 3.63) is 72.3 Å². The zero-order valence-electron chi connectivity index (χ0n) is 10.4. The van der Waals surface area contributed by atoms with Gasteiger partial charge in [-0.25, -0.2) is 0 Å². The molecule has 0 unspecified atom stereocenters. The van der Waals surface area contributed by atoms with Crippen molar-refractivity contribution in [3.8, 4) is 0 Å². The van der Waals surface area contributed by atoms with Crippen molar-refractivity contribution >= 4 is 22.5 Å². The summed E-state index contributed by atoms with van der Waals surface area (Å²) in [6, 6.07) is 22.9. The molecule has 0 radical (unpaired) electrons. The third-order valence-corrected chi connectivity index (χ3v) is 4.06. The number of hydrogen-bond acceptors (Lipinski definition) is 2. The Morgan fingerprint density at radius 1 is 0.737 bits per heavy atom. The highest BCUT2D eigenvalue weighted by Gasteiger charge is 1.99. The minimum Gasteiger partial charge on any atom is -0.392 e. The van der Waals surface area contributed by atoms with E-state index in [0.717, 1.165) is 5.56 Å². The summed E-state index contributed by atoms with van der Waals surface area (Å²) in [7, 11) is 0. The van der Waals surface area contributed by atoms with Crippen LogP contribution in [0.4, 0.5) is 0 Å². The molecule has 0 aliphatic rings. The number of hydrogen-bond donors (Lipinski definition) is 1. The second kappa shape index (κ2) is 5.47. The highest BCUT2D eigenvalue weighted by atomic mass is 32.2. The average molecular weight is 266 g/mol. The smallest absolute Gasteiger partial charge is 0.0681 e. The molecule has 3 aromatic rings. The van der Waals surface area contributed by atoms with Gasteiger partial charge in [0.1, 0.15) is 0 Å². The fourth-order valence-electron chi connectivity index (χ4n) is 2.03. The maximum atomic E-state index is 9.03. The van der Waals surface area contributed by atoms with E-state index in [2.05, 4.69) is 42.5 Å². The van der Waals surface area contributed by atoms with Crippen molar-refractivity contribution in [1.29, 1.82) is 0 Å². The van der Waals surface area contributed by atoms with Crippen LogP contribution in [0.1, 0.15) is 5.56 Å². The van der Waals surface area contributed by atoms with Crippen LogP contribution in [0.5, 0.6) is 0 Å². The zero-order chi connectivity index (χ0) is 13.1. The van der Waals surface area contributed by atoms with Gasteiger partial charge in [-0.3, -0.25) is 0 Å². The topological polar surface area (TPSA) is 20.2 Å². The molecule has 0 amide bonds. The summed E-state index contributed by atoms with van der Waals surface area (Å²) in [5.41, 5.74) is 0.947. The lowest BCUT2D eigenvalue weighted by molar-refractivity contribution is 0.282. The minimum atomic E-state index is 0.0981. The summed E-state index contributed by atoms with van der Waals surface area (Å²) in [5.74, 6) is 0. The molecule has 0 heterocycles. The Balaban J connectivity index is 1.87. The van der Waals surface area contributed by atoms with Gasteiger partial charge in [-0.2, -0.15) is 0 Å². The van der Waals surface area contributed by atoms with Crippen LogP contribution in [-0.4, -0.2) is 5.11 Å². The molecular formula is C17H14OS. The van der Waals surface area contributed by atoms with E-state index in [1.807, 2.05) is 24.3 Å². The molecular weight excluding hydrogens is 252 g/mol. The fourth-order valence-corrected chi connectivity index (χ4v) is 2.90. The van der Waals surface area contributed by atoms with Gasteiger partial charge < -0.3 is 5.11 Å². The number of benzene rings is 3. The van der Waals surface area contributed by atoms with Crippen LogP contribution < -0.4 is 0 Å². The first kappa shape index (κ1) is 12.3. The Bertz CT molecular complexity index is 689. The van der Waals surface area contributed by atoms with E-state index >= 15 is 0 Å². The summed E-state index contributed by atoms with van der Waals surface area (Å²) in [5, 5.41) is 11.6. The van der Waals surface area contributed by atoms with E-state index < -0.39 is 0 Å². The van der Waals surface area contributed by atoms with Crippen LogP contribution in [0.3, 0.4) is 0 Å². The van der Waals surface area contributed by atoms with Gasteiger partial charge in [-0.1, -0.05) is 54.2 Å². The van der Waals surface area contributed by atoms with Gasteiger partial charge in [-0.15, -0.1) is 0 Å². The largest absolute Gasteiger partial charge is 0.392 e. The number of fused-ring (bicyclic) bond motifs is 1. The second-order valence-electron chi connectivity index (χ2n) is 4.41. The molecule has 2 heteroatoms. The van der Waals surface area contributed by atoms with Crippen molar-refractivity contribution in [3.63, 3.8) is 0 Å². The van der Waals surface area contributed by atoms with E-state index in [1.54, 1.807) is 11.8 Å². The van der Waals surface area contributed by atoms with Crippen molar-refractivity contribution < 1.29 is 5.11 Å². The molecule has 0 bridgehead atoms. The normalized spacial score (nSPS) is 10.8. The van der Waals surface area contributed by atoms with Crippen LogP contribution in [0.15, 0.2) is 76.5 Å². The summed E-state index contributed by atoms with van der Waals surface area (Å²) in [6.07, 6.45) is 0. The molecule has 3 aromatic carbocycles. The number of aliphatic hydroxyl groups is 1. The molecule has 0 saturated carbocycles. The van der Waals surface area contributed by atoms with E-state index in [9.17, 15) is 0 Å². The minimum absolute atomic E-state index is 0.0981. The highest BCUT2D eigenvalue weighted by Crippen LogP contribution is 2.30. The lowest BCUT2D eigenvalue weighted by Crippen LogP contribution is -1.81. The molecule has 1 N–H and O–H groups in total. The van der Waals surface area contributed by atoms with Crippen LogP contribution in [0, 0.1) is 0 Å². The Kier molecular flexibility index (Phi) is 3.53. The maximum Gasteiger partial charge on any atom is 0.0681 e. The highest BCUT2D eigenvalue weighted by molar-refractivity contribution is 7.99. The number of aliphatic hydroxyl groups excluding tert-OH is 1. The molecule has 0 saturated heterocycles.